The molecule has 1 aliphatic carbocycles. The lowest BCUT2D eigenvalue weighted by atomic mass is 9.99. The van der Waals surface area contributed by atoms with Crippen molar-refractivity contribution in [3.63, 3.8) is 0 Å². The summed E-state index contributed by atoms with van der Waals surface area (Å²) in [6.07, 6.45) is 10.6. The first-order chi connectivity index (χ1) is 8.81. The molecule has 0 saturated heterocycles. The Bertz CT molecular complexity index is 393. The van der Waals surface area contributed by atoms with Gasteiger partial charge in [-0.05, 0) is 44.2 Å². The van der Waals surface area contributed by atoms with Gasteiger partial charge in [-0.15, -0.1) is 29.5 Å². The molecule has 1 N–H and O–H groups in total. The van der Waals surface area contributed by atoms with E-state index in [4.69, 9.17) is 6.42 Å². The van der Waals surface area contributed by atoms with Crippen molar-refractivity contribution in [3.05, 3.63) is 21.4 Å². The van der Waals surface area contributed by atoms with Gasteiger partial charge in [-0.2, -0.15) is 0 Å². The molecule has 0 spiro atoms. The molecule has 3 heteroatoms. The molecule has 0 amide bonds. The summed E-state index contributed by atoms with van der Waals surface area (Å²) in [5, 5.41) is 3.59. The second kappa shape index (κ2) is 7.23. The van der Waals surface area contributed by atoms with Crippen LogP contribution in [0.1, 0.15) is 41.1 Å². The number of hydrogen-bond acceptors (Lipinski definition) is 3. The van der Waals surface area contributed by atoms with Crippen LogP contribution in [-0.4, -0.2) is 18.1 Å². The molecule has 1 aromatic heterocycles. The Morgan fingerprint density at radius 2 is 2.33 bits per heavy atom. The van der Waals surface area contributed by atoms with E-state index in [0.717, 1.165) is 18.1 Å². The van der Waals surface area contributed by atoms with Crippen molar-refractivity contribution in [1.82, 2.24) is 5.32 Å². The molecule has 2 rings (SSSR count). The van der Waals surface area contributed by atoms with Crippen molar-refractivity contribution in [2.24, 2.45) is 0 Å². The minimum absolute atomic E-state index is 0.479. The lowest BCUT2D eigenvalue weighted by molar-refractivity contribution is 0.610. The standard InChI is InChI=1S/C15H21NS2/c1-3-9-17-10-8-16-12(2)15-11-13-6-4-5-7-14(13)18-15/h1,11-12,16H,4-10H2,2H3. The molecular formula is C15H21NS2. The number of hydrogen-bond donors (Lipinski definition) is 1. The van der Waals surface area contributed by atoms with Gasteiger partial charge in [-0.25, -0.2) is 0 Å². The highest BCUT2D eigenvalue weighted by atomic mass is 32.2. The van der Waals surface area contributed by atoms with Crippen molar-refractivity contribution in [2.75, 3.05) is 18.1 Å². The Balaban J connectivity index is 1.80. The maximum atomic E-state index is 5.23. The van der Waals surface area contributed by atoms with Crippen LogP contribution in [0.15, 0.2) is 6.07 Å². The normalized spacial score (nSPS) is 16.0. The van der Waals surface area contributed by atoms with Gasteiger partial charge < -0.3 is 5.32 Å². The molecule has 1 atom stereocenters. The molecule has 0 aromatic carbocycles. The molecule has 1 aromatic rings. The lowest BCUT2D eigenvalue weighted by Crippen LogP contribution is -2.20. The Labute approximate surface area is 119 Å². The van der Waals surface area contributed by atoms with Crippen LogP contribution in [0, 0.1) is 12.3 Å². The number of nitrogens with one attached hydrogen (secondary N) is 1. The van der Waals surface area contributed by atoms with Gasteiger partial charge >= 0.3 is 0 Å². The zero-order valence-electron chi connectivity index (χ0n) is 11.0. The van der Waals surface area contributed by atoms with Crippen LogP contribution in [0.5, 0.6) is 0 Å². The fourth-order valence-electron chi connectivity index (χ4n) is 2.31. The van der Waals surface area contributed by atoms with Crippen LogP contribution < -0.4 is 5.32 Å². The van der Waals surface area contributed by atoms with Gasteiger partial charge in [0.1, 0.15) is 0 Å². The summed E-state index contributed by atoms with van der Waals surface area (Å²) >= 11 is 3.83. The van der Waals surface area contributed by atoms with Crippen LogP contribution in [0.2, 0.25) is 0 Å². The quantitative estimate of drug-likeness (QED) is 0.630. The van der Waals surface area contributed by atoms with Gasteiger partial charge in [0.25, 0.3) is 0 Å². The maximum absolute atomic E-state index is 5.23. The third kappa shape index (κ3) is 3.78. The van der Waals surface area contributed by atoms with E-state index in [1.165, 1.54) is 30.6 Å². The summed E-state index contributed by atoms with van der Waals surface area (Å²) in [6, 6.07) is 2.90. The molecule has 0 radical (unpaired) electrons. The number of rotatable bonds is 6. The van der Waals surface area contributed by atoms with Crippen molar-refractivity contribution in [3.8, 4) is 12.3 Å². The molecule has 0 fully saturated rings. The molecule has 0 aliphatic heterocycles. The van der Waals surface area contributed by atoms with Gasteiger partial charge in [0.15, 0.2) is 0 Å². The topological polar surface area (TPSA) is 12.0 Å². The summed E-state index contributed by atoms with van der Waals surface area (Å²) in [5.41, 5.74) is 1.61. The van der Waals surface area contributed by atoms with Crippen molar-refractivity contribution in [2.45, 2.75) is 38.6 Å². The molecule has 18 heavy (non-hydrogen) atoms. The second-order valence-corrected chi connectivity index (χ2v) is 7.01. The fourth-order valence-corrected chi connectivity index (χ4v) is 4.12. The van der Waals surface area contributed by atoms with Crippen molar-refractivity contribution < 1.29 is 0 Å². The van der Waals surface area contributed by atoms with Gasteiger partial charge in [0.05, 0.1) is 5.75 Å². The van der Waals surface area contributed by atoms with Gasteiger partial charge in [-0.1, -0.05) is 5.92 Å². The van der Waals surface area contributed by atoms with E-state index in [1.807, 2.05) is 23.1 Å². The monoisotopic (exact) mass is 279 g/mol. The lowest BCUT2D eigenvalue weighted by Gasteiger charge is -2.11. The maximum Gasteiger partial charge on any atom is 0.0545 e. The minimum Gasteiger partial charge on any atom is -0.309 e. The van der Waals surface area contributed by atoms with Crippen LogP contribution in [0.25, 0.3) is 0 Å². The third-order valence-electron chi connectivity index (χ3n) is 3.32. The molecule has 1 unspecified atom stereocenters. The van der Waals surface area contributed by atoms with Crippen LogP contribution >= 0.6 is 23.1 Å². The Morgan fingerprint density at radius 3 is 3.11 bits per heavy atom. The van der Waals surface area contributed by atoms with Gasteiger partial charge in [-0.3, -0.25) is 0 Å². The summed E-state index contributed by atoms with van der Waals surface area (Å²) < 4.78 is 0. The zero-order valence-corrected chi connectivity index (χ0v) is 12.6. The molecule has 1 heterocycles. The first-order valence-electron chi connectivity index (χ1n) is 6.67. The predicted molar refractivity (Wildman–Crippen MR) is 83.5 cm³/mol. The van der Waals surface area contributed by atoms with Crippen LogP contribution in [-0.2, 0) is 12.8 Å². The average molecular weight is 279 g/mol. The largest absolute Gasteiger partial charge is 0.309 e. The molecule has 1 aliphatic rings. The summed E-state index contributed by atoms with van der Waals surface area (Å²) in [5.74, 6) is 4.58. The van der Waals surface area contributed by atoms with E-state index in [9.17, 15) is 0 Å². The minimum atomic E-state index is 0.479. The number of terminal acetylenes is 1. The van der Waals surface area contributed by atoms with E-state index in [-0.39, 0.29) is 0 Å². The SMILES string of the molecule is C#CCSCCNC(C)c1cc2c(s1)CCCC2. The van der Waals surface area contributed by atoms with E-state index >= 15 is 0 Å². The van der Waals surface area contributed by atoms with Crippen LogP contribution in [0.3, 0.4) is 0 Å². The first-order valence-corrected chi connectivity index (χ1v) is 8.64. The highest BCUT2D eigenvalue weighted by molar-refractivity contribution is 7.99. The van der Waals surface area contributed by atoms with Crippen LogP contribution in [0.4, 0.5) is 0 Å². The highest BCUT2D eigenvalue weighted by Crippen LogP contribution is 2.32. The smallest absolute Gasteiger partial charge is 0.0545 e. The highest BCUT2D eigenvalue weighted by Gasteiger charge is 2.16. The predicted octanol–water partition coefficient (Wildman–Crippen LogP) is 3.64. The van der Waals surface area contributed by atoms with E-state index in [2.05, 4.69) is 24.2 Å². The van der Waals surface area contributed by atoms with Crippen molar-refractivity contribution in [1.29, 1.82) is 0 Å². The molecule has 0 bridgehead atoms. The van der Waals surface area contributed by atoms with Crippen molar-refractivity contribution >= 4 is 23.1 Å². The summed E-state index contributed by atoms with van der Waals surface area (Å²) in [6.45, 7) is 3.30. The molecule has 1 nitrogen and oxygen atoms in total. The number of fused-ring (bicyclic) bond motifs is 1. The fraction of sp³-hybridized carbons (Fsp3) is 0.600. The summed E-state index contributed by atoms with van der Waals surface area (Å²) in [7, 11) is 0. The number of thioether (sulfide) groups is 1. The van der Waals surface area contributed by atoms with E-state index in [0.29, 0.717) is 6.04 Å². The number of thiophene rings is 1. The number of aryl methyl sites for hydroxylation is 2. The average Bonchev–Trinajstić information content (AvgIpc) is 2.82. The Hall–Kier alpha value is -0.430. The molecule has 98 valence electrons. The first kappa shape index (κ1) is 14.0. The second-order valence-electron chi connectivity index (χ2n) is 4.74. The van der Waals surface area contributed by atoms with E-state index in [1.54, 1.807) is 10.4 Å². The Kier molecular flexibility index (Phi) is 5.62. The van der Waals surface area contributed by atoms with Gasteiger partial charge in [0.2, 0.25) is 0 Å². The van der Waals surface area contributed by atoms with E-state index < -0.39 is 0 Å². The van der Waals surface area contributed by atoms with Gasteiger partial charge in [0, 0.05) is 28.1 Å². The molecule has 0 saturated carbocycles. The third-order valence-corrected chi connectivity index (χ3v) is 5.61. The molecular weight excluding hydrogens is 258 g/mol. The zero-order chi connectivity index (χ0) is 12.8. The summed E-state index contributed by atoms with van der Waals surface area (Å²) in [4.78, 5) is 3.13. The Morgan fingerprint density at radius 1 is 1.50 bits per heavy atom.